The van der Waals surface area contributed by atoms with Crippen LogP contribution >= 0.6 is 11.6 Å². The average molecular weight is 277 g/mol. The van der Waals surface area contributed by atoms with Gasteiger partial charge in [0.15, 0.2) is 11.5 Å². The van der Waals surface area contributed by atoms with E-state index in [9.17, 15) is 4.79 Å². The first kappa shape index (κ1) is 11.8. The highest BCUT2D eigenvalue weighted by Gasteiger charge is 2.13. The Balaban J connectivity index is 2.14. The fraction of sp³-hybridized carbons (Fsp3) is 0.0769. The minimum atomic E-state index is -1.11. The van der Waals surface area contributed by atoms with Crippen molar-refractivity contribution in [3.63, 3.8) is 0 Å². The van der Waals surface area contributed by atoms with Gasteiger partial charge in [0.05, 0.1) is 10.5 Å². The SMILES string of the molecule is Cn1cc(Cl)c2ccc(-c3cc(C(=O)O)no3)cc21. The van der Waals surface area contributed by atoms with E-state index in [0.29, 0.717) is 10.8 Å². The first-order valence-electron chi connectivity index (χ1n) is 5.51. The molecule has 96 valence electrons. The Bertz CT molecular complexity index is 788. The topological polar surface area (TPSA) is 68.3 Å². The van der Waals surface area contributed by atoms with Crippen LogP contribution in [0.5, 0.6) is 0 Å². The van der Waals surface area contributed by atoms with Crippen LogP contribution in [0.2, 0.25) is 5.02 Å². The molecule has 0 unspecified atom stereocenters. The summed E-state index contributed by atoms with van der Waals surface area (Å²) in [7, 11) is 1.89. The summed E-state index contributed by atoms with van der Waals surface area (Å²) in [5, 5.41) is 13.9. The van der Waals surface area contributed by atoms with Crippen LogP contribution in [-0.4, -0.2) is 20.8 Å². The lowest BCUT2D eigenvalue weighted by Crippen LogP contribution is -1.94. The van der Waals surface area contributed by atoms with E-state index in [1.165, 1.54) is 6.07 Å². The number of aromatic carboxylic acids is 1. The van der Waals surface area contributed by atoms with Crippen molar-refractivity contribution in [1.29, 1.82) is 0 Å². The van der Waals surface area contributed by atoms with Crippen molar-refractivity contribution < 1.29 is 14.4 Å². The van der Waals surface area contributed by atoms with E-state index in [-0.39, 0.29) is 5.69 Å². The van der Waals surface area contributed by atoms with Crippen LogP contribution in [0.15, 0.2) is 35.0 Å². The zero-order valence-electron chi connectivity index (χ0n) is 9.92. The van der Waals surface area contributed by atoms with Gasteiger partial charge >= 0.3 is 5.97 Å². The van der Waals surface area contributed by atoms with Gasteiger partial charge in [0.2, 0.25) is 0 Å². The molecule has 0 saturated carbocycles. The molecule has 0 aliphatic rings. The number of carboxylic acid groups (broad SMARTS) is 1. The lowest BCUT2D eigenvalue weighted by molar-refractivity contribution is 0.0686. The number of carboxylic acids is 1. The molecule has 0 aliphatic heterocycles. The van der Waals surface area contributed by atoms with Crippen molar-refractivity contribution in [2.75, 3.05) is 0 Å². The number of nitrogens with zero attached hydrogens (tertiary/aromatic N) is 2. The van der Waals surface area contributed by atoms with Crippen molar-refractivity contribution in [1.82, 2.24) is 9.72 Å². The van der Waals surface area contributed by atoms with Gasteiger partial charge in [0.1, 0.15) is 0 Å². The molecule has 3 aromatic rings. The van der Waals surface area contributed by atoms with Crippen LogP contribution in [0.4, 0.5) is 0 Å². The number of fused-ring (bicyclic) bond motifs is 1. The summed E-state index contributed by atoms with van der Waals surface area (Å²) in [6, 6.07) is 6.97. The summed E-state index contributed by atoms with van der Waals surface area (Å²) < 4.78 is 6.93. The molecule has 0 amide bonds. The number of aromatic nitrogens is 2. The second-order valence-corrected chi connectivity index (χ2v) is 4.61. The largest absolute Gasteiger partial charge is 0.476 e. The fourth-order valence-electron chi connectivity index (χ4n) is 2.00. The molecule has 1 aromatic carbocycles. The molecule has 0 radical (unpaired) electrons. The molecule has 0 atom stereocenters. The second-order valence-electron chi connectivity index (χ2n) is 4.20. The normalized spacial score (nSPS) is 11.1. The molecule has 2 aromatic heterocycles. The Morgan fingerprint density at radius 1 is 1.42 bits per heavy atom. The van der Waals surface area contributed by atoms with Crippen LogP contribution in [0.3, 0.4) is 0 Å². The Hall–Kier alpha value is -2.27. The van der Waals surface area contributed by atoms with Gasteiger partial charge < -0.3 is 14.2 Å². The maximum atomic E-state index is 10.8. The monoisotopic (exact) mass is 276 g/mol. The second kappa shape index (κ2) is 4.13. The smallest absolute Gasteiger partial charge is 0.358 e. The first-order chi connectivity index (χ1) is 9.06. The predicted octanol–water partition coefficient (Wildman–Crippen LogP) is 3.18. The Morgan fingerprint density at radius 2 is 2.21 bits per heavy atom. The van der Waals surface area contributed by atoms with Gasteiger partial charge in [-0.1, -0.05) is 28.9 Å². The first-order valence-corrected chi connectivity index (χ1v) is 5.89. The number of hydrogen-bond acceptors (Lipinski definition) is 3. The molecule has 0 saturated heterocycles. The molecule has 0 spiro atoms. The maximum Gasteiger partial charge on any atom is 0.358 e. The summed E-state index contributed by atoms with van der Waals surface area (Å²) in [4.78, 5) is 10.8. The van der Waals surface area contributed by atoms with E-state index in [1.807, 2.05) is 36.0 Å². The highest BCUT2D eigenvalue weighted by atomic mass is 35.5. The number of aryl methyl sites for hydroxylation is 1. The zero-order valence-corrected chi connectivity index (χ0v) is 10.7. The van der Waals surface area contributed by atoms with Crippen LogP contribution < -0.4 is 0 Å². The number of halogens is 1. The Morgan fingerprint density at radius 3 is 2.89 bits per heavy atom. The van der Waals surface area contributed by atoms with Crippen LogP contribution in [0.1, 0.15) is 10.5 Å². The molecule has 19 heavy (non-hydrogen) atoms. The lowest BCUT2D eigenvalue weighted by atomic mass is 10.1. The molecular formula is C13H9ClN2O3. The van der Waals surface area contributed by atoms with Crippen molar-refractivity contribution >= 4 is 28.5 Å². The Kier molecular flexibility index (Phi) is 2.57. The number of hydrogen-bond donors (Lipinski definition) is 1. The lowest BCUT2D eigenvalue weighted by Gasteiger charge is -1.99. The average Bonchev–Trinajstić information content (AvgIpc) is 2.96. The fourth-order valence-corrected chi connectivity index (χ4v) is 2.31. The molecule has 5 nitrogen and oxygen atoms in total. The number of benzene rings is 1. The third kappa shape index (κ3) is 1.88. The van der Waals surface area contributed by atoms with Crippen LogP contribution in [-0.2, 0) is 7.05 Å². The standard InChI is InChI=1S/C13H9ClN2O3/c1-16-6-9(14)8-3-2-7(4-11(8)16)12-5-10(13(17)18)15-19-12/h2-6H,1H3,(H,17,18). The van der Waals surface area contributed by atoms with Crippen molar-refractivity contribution in [3.8, 4) is 11.3 Å². The van der Waals surface area contributed by atoms with Crippen molar-refractivity contribution in [2.45, 2.75) is 0 Å². The molecule has 3 rings (SSSR count). The van der Waals surface area contributed by atoms with Gasteiger partial charge in [0, 0.05) is 30.3 Å². The molecule has 1 N–H and O–H groups in total. The van der Waals surface area contributed by atoms with Crippen molar-refractivity contribution in [3.05, 3.63) is 41.2 Å². The number of rotatable bonds is 2. The van der Waals surface area contributed by atoms with E-state index in [2.05, 4.69) is 5.16 Å². The minimum Gasteiger partial charge on any atom is -0.476 e. The molecule has 2 heterocycles. The summed E-state index contributed by atoms with van der Waals surface area (Å²) in [5.41, 5.74) is 1.58. The van der Waals surface area contributed by atoms with Crippen LogP contribution in [0.25, 0.3) is 22.2 Å². The maximum absolute atomic E-state index is 10.8. The van der Waals surface area contributed by atoms with Gasteiger partial charge in [-0.25, -0.2) is 4.79 Å². The van der Waals surface area contributed by atoms with E-state index in [4.69, 9.17) is 21.2 Å². The molecule has 0 bridgehead atoms. The zero-order chi connectivity index (χ0) is 13.6. The summed E-state index contributed by atoms with van der Waals surface area (Å²) in [5.74, 6) is -0.699. The summed E-state index contributed by atoms with van der Waals surface area (Å²) in [6.45, 7) is 0. The highest BCUT2D eigenvalue weighted by molar-refractivity contribution is 6.35. The van der Waals surface area contributed by atoms with Gasteiger partial charge in [-0.3, -0.25) is 0 Å². The van der Waals surface area contributed by atoms with E-state index in [0.717, 1.165) is 16.5 Å². The minimum absolute atomic E-state index is 0.111. The van der Waals surface area contributed by atoms with Gasteiger partial charge in [-0.05, 0) is 6.07 Å². The predicted molar refractivity (Wildman–Crippen MR) is 70.4 cm³/mol. The van der Waals surface area contributed by atoms with Gasteiger partial charge in [-0.2, -0.15) is 0 Å². The highest BCUT2D eigenvalue weighted by Crippen LogP contribution is 2.30. The third-order valence-corrected chi connectivity index (χ3v) is 3.26. The molecule has 0 aliphatic carbocycles. The van der Waals surface area contributed by atoms with Crippen LogP contribution in [0, 0.1) is 0 Å². The van der Waals surface area contributed by atoms with Gasteiger partial charge in [0.25, 0.3) is 0 Å². The molecule has 6 heteroatoms. The number of carbonyl (C=O) groups is 1. The van der Waals surface area contributed by atoms with E-state index < -0.39 is 5.97 Å². The molecular weight excluding hydrogens is 268 g/mol. The quantitative estimate of drug-likeness (QED) is 0.780. The summed E-state index contributed by atoms with van der Waals surface area (Å²) >= 11 is 6.09. The molecule has 0 fully saturated rings. The summed E-state index contributed by atoms with van der Waals surface area (Å²) in [6.07, 6.45) is 1.82. The van der Waals surface area contributed by atoms with Gasteiger partial charge in [-0.15, -0.1) is 0 Å². The van der Waals surface area contributed by atoms with Crippen molar-refractivity contribution in [2.24, 2.45) is 7.05 Å². The Labute approximate surface area is 113 Å². The third-order valence-electron chi connectivity index (χ3n) is 2.96. The van der Waals surface area contributed by atoms with E-state index in [1.54, 1.807) is 0 Å². The van der Waals surface area contributed by atoms with E-state index >= 15 is 0 Å².